The van der Waals surface area contributed by atoms with Gasteiger partial charge in [-0.1, -0.05) is 18.5 Å². The smallest absolute Gasteiger partial charge is 0.264 e. The van der Waals surface area contributed by atoms with Crippen molar-refractivity contribution in [2.75, 3.05) is 13.1 Å². The van der Waals surface area contributed by atoms with Crippen LogP contribution in [0, 0.1) is 5.92 Å². The molecule has 0 spiro atoms. The molecule has 0 bridgehead atoms. The molecule has 5 heteroatoms. The average Bonchev–Trinajstić information content (AvgIpc) is 2.89. The van der Waals surface area contributed by atoms with E-state index in [9.17, 15) is 4.79 Å². The molecular weight excluding hydrogens is 288 g/mol. The molecule has 2 heterocycles. The monoisotopic (exact) mass is 308 g/mol. The summed E-state index contributed by atoms with van der Waals surface area (Å²) < 4.78 is 5.81. The second-order valence-corrected chi connectivity index (χ2v) is 6.55. The van der Waals surface area contributed by atoms with Crippen molar-refractivity contribution in [1.29, 1.82) is 0 Å². The first kappa shape index (κ1) is 14.7. The number of ether oxygens (including phenoxy) is 1. The van der Waals surface area contributed by atoms with Gasteiger partial charge >= 0.3 is 0 Å². The van der Waals surface area contributed by atoms with E-state index in [0.717, 1.165) is 30.7 Å². The van der Waals surface area contributed by atoms with Gasteiger partial charge in [0, 0.05) is 30.6 Å². The number of rotatable bonds is 2. The maximum absolute atomic E-state index is 12.7. The summed E-state index contributed by atoms with van der Waals surface area (Å²) in [4.78, 5) is 14.7. The molecule has 0 aromatic heterocycles. The maximum Gasteiger partial charge on any atom is 0.264 e. The molecule has 1 amide bonds. The second-order valence-electron chi connectivity index (χ2n) is 6.11. The summed E-state index contributed by atoms with van der Waals surface area (Å²) in [6, 6.07) is 5.64. The molecule has 21 heavy (non-hydrogen) atoms. The number of piperidine rings is 1. The molecule has 0 saturated carbocycles. The van der Waals surface area contributed by atoms with E-state index in [2.05, 4.69) is 6.92 Å². The highest BCUT2D eigenvalue weighted by Gasteiger charge is 2.37. The zero-order chi connectivity index (χ0) is 15.0. The van der Waals surface area contributed by atoms with Crippen molar-refractivity contribution in [2.24, 2.45) is 11.7 Å². The van der Waals surface area contributed by atoms with Gasteiger partial charge < -0.3 is 15.4 Å². The lowest BCUT2D eigenvalue weighted by atomic mass is 9.92. The summed E-state index contributed by atoms with van der Waals surface area (Å²) in [5, 5.41) is 0.678. The van der Waals surface area contributed by atoms with Crippen molar-refractivity contribution in [3.05, 3.63) is 28.8 Å². The Balaban J connectivity index is 1.72. The van der Waals surface area contributed by atoms with Crippen LogP contribution < -0.4 is 10.5 Å². The van der Waals surface area contributed by atoms with Gasteiger partial charge in [0.2, 0.25) is 0 Å². The van der Waals surface area contributed by atoms with Crippen LogP contribution in [-0.4, -0.2) is 36.0 Å². The standard InChI is InChI=1S/C16H21ClN2O2/c1-10-4-5-19(13(6-10)9-18)16(20)15-8-11-7-12(17)2-3-14(11)21-15/h2-3,7,10,13,15H,4-6,8-9,18H2,1H3. The van der Waals surface area contributed by atoms with Gasteiger partial charge in [-0.2, -0.15) is 0 Å². The highest BCUT2D eigenvalue weighted by Crippen LogP contribution is 2.33. The average molecular weight is 309 g/mol. The maximum atomic E-state index is 12.7. The van der Waals surface area contributed by atoms with Crippen LogP contribution >= 0.6 is 11.6 Å². The fraction of sp³-hybridized carbons (Fsp3) is 0.562. The molecule has 2 aliphatic heterocycles. The van der Waals surface area contributed by atoms with Crippen LogP contribution in [-0.2, 0) is 11.2 Å². The summed E-state index contributed by atoms with van der Waals surface area (Å²) in [7, 11) is 0. The Hall–Kier alpha value is -1.26. The predicted octanol–water partition coefficient (Wildman–Crippen LogP) is 2.23. The third-order valence-corrected chi connectivity index (χ3v) is 4.74. The van der Waals surface area contributed by atoms with Crippen molar-refractivity contribution in [2.45, 2.75) is 38.3 Å². The van der Waals surface area contributed by atoms with Gasteiger partial charge in [0.1, 0.15) is 5.75 Å². The number of carbonyl (C=O) groups excluding carboxylic acids is 1. The number of hydrogen-bond donors (Lipinski definition) is 1. The molecule has 0 aliphatic carbocycles. The molecule has 3 rings (SSSR count). The molecule has 1 fully saturated rings. The molecule has 1 saturated heterocycles. The topological polar surface area (TPSA) is 55.6 Å². The lowest BCUT2D eigenvalue weighted by Crippen LogP contribution is -2.53. The lowest BCUT2D eigenvalue weighted by molar-refractivity contribution is -0.142. The molecule has 2 aliphatic rings. The first-order chi connectivity index (χ1) is 10.1. The molecule has 3 atom stereocenters. The Labute approximate surface area is 130 Å². The van der Waals surface area contributed by atoms with Crippen LogP contribution in [0.15, 0.2) is 18.2 Å². The first-order valence-electron chi connectivity index (χ1n) is 7.54. The fourth-order valence-corrected chi connectivity index (χ4v) is 3.50. The van der Waals surface area contributed by atoms with E-state index in [-0.39, 0.29) is 11.9 Å². The zero-order valence-corrected chi connectivity index (χ0v) is 13.0. The van der Waals surface area contributed by atoms with E-state index in [1.807, 2.05) is 17.0 Å². The van der Waals surface area contributed by atoms with E-state index in [0.29, 0.717) is 23.9 Å². The van der Waals surface area contributed by atoms with Crippen LogP contribution in [0.3, 0.4) is 0 Å². The van der Waals surface area contributed by atoms with E-state index in [4.69, 9.17) is 22.1 Å². The molecule has 114 valence electrons. The zero-order valence-electron chi connectivity index (χ0n) is 12.2. The number of benzene rings is 1. The van der Waals surface area contributed by atoms with Crippen LogP contribution in [0.5, 0.6) is 5.75 Å². The third kappa shape index (κ3) is 2.87. The van der Waals surface area contributed by atoms with E-state index < -0.39 is 6.10 Å². The van der Waals surface area contributed by atoms with Gasteiger partial charge in [0.25, 0.3) is 5.91 Å². The molecule has 1 aromatic carbocycles. The molecule has 3 unspecified atom stereocenters. The molecular formula is C16H21ClN2O2. The van der Waals surface area contributed by atoms with Crippen LogP contribution in [0.2, 0.25) is 5.02 Å². The van der Waals surface area contributed by atoms with Crippen LogP contribution in [0.25, 0.3) is 0 Å². The van der Waals surface area contributed by atoms with Crippen molar-refractivity contribution >= 4 is 17.5 Å². The Kier molecular flexibility index (Phi) is 4.09. The number of nitrogens with two attached hydrogens (primary N) is 1. The van der Waals surface area contributed by atoms with Gasteiger partial charge in [-0.15, -0.1) is 0 Å². The quantitative estimate of drug-likeness (QED) is 0.911. The lowest BCUT2D eigenvalue weighted by Gasteiger charge is -2.39. The minimum atomic E-state index is -0.430. The normalized spacial score (nSPS) is 28.1. The van der Waals surface area contributed by atoms with E-state index >= 15 is 0 Å². The summed E-state index contributed by atoms with van der Waals surface area (Å²) in [6.45, 7) is 3.51. The number of nitrogens with zero attached hydrogens (tertiary/aromatic N) is 1. The van der Waals surface area contributed by atoms with Gasteiger partial charge in [-0.25, -0.2) is 0 Å². The summed E-state index contributed by atoms with van der Waals surface area (Å²) >= 11 is 5.99. The van der Waals surface area contributed by atoms with Crippen molar-refractivity contribution < 1.29 is 9.53 Å². The van der Waals surface area contributed by atoms with Crippen molar-refractivity contribution in [3.8, 4) is 5.75 Å². The Bertz CT molecular complexity index is 549. The number of fused-ring (bicyclic) bond motifs is 1. The number of amides is 1. The van der Waals surface area contributed by atoms with Crippen molar-refractivity contribution in [1.82, 2.24) is 4.90 Å². The predicted molar refractivity (Wildman–Crippen MR) is 82.5 cm³/mol. The minimum absolute atomic E-state index is 0.0599. The number of likely N-dealkylation sites (tertiary alicyclic amines) is 1. The minimum Gasteiger partial charge on any atom is -0.480 e. The van der Waals surface area contributed by atoms with Crippen LogP contribution in [0.4, 0.5) is 0 Å². The number of hydrogen-bond acceptors (Lipinski definition) is 3. The van der Waals surface area contributed by atoms with Gasteiger partial charge in [0.05, 0.1) is 0 Å². The van der Waals surface area contributed by atoms with Crippen molar-refractivity contribution in [3.63, 3.8) is 0 Å². The summed E-state index contributed by atoms with van der Waals surface area (Å²) in [5.74, 6) is 1.46. The SMILES string of the molecule is CC1CCN(C(=O)C2Cc3cc(Cl)ccc3O2)C(CN)C1. The summed E-state index contributed by atoms with van der Waals surface area (Å²) in [5.41, 5.74) is 6.85. The molecule has 1 aromatic rings. The molecule has 2 N–H and O–H groups in total. The largest absolute Gasteiger partial charge is 0.480 e. The number of halogens is 1. The van der Waals surface area contributed by atoms with Gasteiger partial charge in [0.15, 0.2) is 6.10 Å². The molecule has 4 nitrogen and oxygen atoms in total. The summed E-state index contributed by atoms with van der Waals surface area (Å²) in [6.07, 6.45) is 2.18. The first-order valence-corrected chi connectivity index (χ1v) is 7.92. The fourth-order valence-electron chi connectivity index (χ4n) is 3.31. The highest BCUT2D eigenvalue weighted by atomic mass is 35.5. The van der Waals surface area contributed by atoms with E-state index in [1.54, 1.807) is 6.07 Å². The molecule has 0 radical (unpaired) electrons. The Morgan fingerprint density at radius 2 is 2.33 bits per heavy atom. The van der Waals surface area contributed by atoms with Gasteiger partial charge in [-0.3, -0.25) is 4.79 Å². The number of carbonyl (C=O) groups is 1. The third-order valence-electron chi connectivity index (χ3n) is 4.51. The Morgan fingerprint density at radius 1 is 1.52 bits per heavy atom. The van der Waals surface area contributed by atoms with Gasteiger partial charge in [-0.05, 0) is 42.5 Å². The second kappa shape index (κ2) is 5.85. The van der Waals surface area contributed by atoms with Crippen LogP contribution in [0.1, 0.15) is 25.3 Å². The van der Waals surface area contributed by atoms with E-state index in [1.165, 1.54) is 0 Å². The Morgan fingerprint density at radius 3 is 3.10 bits per heavy atom. The highest BCUT2D eigenvalue weighted by molar-refractivity contribution is 6.30.